The number of hydrogen-bond acceptors (Lipinski definition) is 6. The molecule has 0 aliphatic carbocycles. The Hall–Kier alpha value is -1.41. The van der Waals surface area contributed by atoms with Gasteiger partial charge < -0.3 is 10.1 Å². The minimum absolute atomic E-state index is 0.0376. The van der Waals surface area contributed by atoms with Crippen molar-refractivity contribution in [2.24, 2.45) is 0 Å². The number of carbonyl (C=O) groups excluding carboxylic acids is 4. The van der Waals surface area contributed by atoms with E-state index in [1.165, 1.54) is 16.7 Å². The van der Waals surface area contributed by atoms with Crippen LogP contribution in [0.25, 0.3) is 0 Å². The number of carbonyl (C=O) groups is 4. The van der Waals surface area contributed by atoms with E-state index in [0.29, 0.717) is 26.1 Å². The second kappa shape index (κ2) is 12.0. The monoisotopic (exact) mass is 372 g/mol. The first-order chi connectivity index (χ1) is 12.0. The third kappa shape index (κ3) is 8.00. The summed E-state index contributed by atoms with van der Waals surface area (Å²) in [5.41, 5.74) is 0. The number of Topliss-reactive ketones (excluding diaryl/α,β-unsaturated/α-hetero) is 1. The number of ketones is 1. The quantitative estimate of drug-likeness (QED) is 0.385. The van der Waals surface area contributed by atoms with Crippen molar-refractivity contribution in [1.29, 1.82) is 0 Å². The fraction of sp³-hybridized carbons (Fsp3) is 0.765. The second-order valence-corrected chi connectivity index (χ2v) is 6.99. The van der Waals surface area contributed by atoms with E-state index in [4.69, 9.17) is 4.74 Å². The van der Waals surface area contributed by atoms with E-state index in [1.54, 1.807) is 7.05 Å². The van der Waals surface area contributed by atoms with Crippen LogP contribution in [0.5, 0.6) is 0 Å². The molecule has 0 aromatic carbocycles. The molecule has 1 aliphatic heterocycles. The molecule has 1 unspecified atom stereocenters. The Kier molecular flexibility index (Phi) is 10.4. The zero-order valence-corrected chi connectivity index (χ0v) is 15.9. The Morgan fingerprint density at radius 1 is 1.16 bits per heavy atom. The van der Waals surface area contributed by atoms with Gasteiger partial charge in [0.05, 0.1) is 11.9 Å². The molecule has 142 valence electrons. The Labute approximate surface area is 153 Å². The molecule has 0 aromatic rings. The van der Waals surface area contributed by atoms with E-state index in [0.717, 1.165) is 19.3 Å². The number of nitrogens with zero attached hydrogens (tertiary/aromatic N) is 1. The summed E-state index contributed by atoms with van der Waals surface area (Å²) in [5, 5.41) is 2.24. The summed E-state index contributed by atoms with van der Waals surface area (Å²) in [4.78, 5) is 47.8. The number of amides is 3. The molecule has 0 radical (unpaired) electrons. The molecule has 1 heterocycles. The third-order valence-corrected chi connectivity index (χ3v) is 5.04. The topological polar surface area (TPSA) is 92.8 Å². The van der Waals surface area contributed by atoms with Crippen molar-refractivity contribution >= 4 is 35.3 Å². The molecule has 1 saturated heterocycles. The van der Waals surface area contributed by atoms with E-state index in [-0.39, 0.29) is 48.1 Å². The van der Waals surface area contributed by atoms with Crippen LogP contribution in [0.1, 0.15) is 44.9 Å². The number of unbranched alkanes of at least 4 members (excludes halogenated alkanes) is 2. The highest BCUT2D eigenvalue weighted by atomic mass is 32.2. The number of ether oxygens (including phenoxy) is 1. The SMILES string of the molecule is CNC(=O)CCOCCCCCC(=O)CCN1C(=O)CC(SC)C1=O. The van der Waals surface area contributed by atoms with Crippen LogP contribution in [0, 0.1) is 0 Å². The molecular formula is C17H28N2O5S. The second-order valence-electron chi connectivity index (χ2n) is 5.95. The summed E-state index contributed by atoms with van der Waals surface area (Å²) < 4.78 is 5.34. The molecule has 25 heavy (non-hydrogen) atoms. The van der Waals surface area contributed by atoms with Crippen LogP contribution in [0.15, 0.2) is 0 Å². The van der Waals surface area contributed by atoms with Crippen LogP contribution in [0.4, 0.5) is 0 Å². The Morgan fingerprint density at radius 3 is 2.56 bits per heavy atom. The van der Waals surface area contributed by atoms with Crippen LogP contribution < -0.4 is 5.32 Å². The van der Waals surface area contributed by atoms with Gasteiger partial charge in [0.15, 0.2) is 0 Å². The van der Waals surface area contributed by atoms with Crippen LogP contribution in [-0.4, -0.2) is 66.7 Å². The Balaban J connectivity index is 2.03. The van der Waals surface area contributed by atoms with Crippen molar-refractivity contribution in [3.8, 4) is 0 Å². The lowest BCUT2D eigenvalue weighted by molar-refractivity contribution is -0.138. The molecule has 0 aromatic heterocycles. The molecule has 1 N–H and O–H groups in total. The minimum Gasteiger partial charge on any atom is -0.381 e. The van der Waals surface area contributed by atoms with Gasteiger partial charge in [-0.15, -0.1) is 0 Å². The molecule has 1 aliphatic rings. The van der Waals surface area contributed by atoms with Crippen molar-refractivity contribution < 1.29 is 23.9 Å². The first-order valence-corrected chi connectivity index (χ1v) is 9.95. The Bertz CT molecular complexity index is 484. The fourth-order valence-electron chi connectivity index (χ4n) is 2.53. The maximum Gasteiger partial charge on any atom is 0.242 e. The van der Waals surface area contributed by atoms with Crippen LogP contribution in [0.3, 0.4) is 0 Å². The predicted molar refractivity (Wildman–Crippen MR) is 96.2 cm³/mol. The number of thioether (sulfide) groups is 1. The first-order valence-electron chi connectivity index (χ1n) is 8.66. The summed E-state index contributed by atoms with van der Waals surface area (Å²) in [6, 6.07) is 0. The van der Waals surface area contributed by atoms with E-state index < -0.39 is 0 Å². The number of imide groups is 1. The average Bonchev–Trinajstić information content (AvgIpc) is 2.88. The van der Waals surface area contributed by atoms with Gasteiger partial charge in [-0.1, -0.05) is 6.42 Å². The largest absolute Gasteiger partial charge is 0.381 e. The standard InChI is InChI=1S/C17H28N2O5S/c1-18-15(21)8-11-24-10-5-3-4-6-13(20)7-9-19-16(22)12-14(25-2)17(19)23/h14H,3-12H2,1-2H3,(H,18,21). The van der Waals surface area contributed by atoms with Gasteiger partial charge in [-0.3, -0.25) is 24.1 Å². The van der Waals surface area contributed by atoms with Crippen LogP contribution >= 0.6 is 11.8 Å². The molecule has 1 atom stereocenters. The number of nitrogens with one attached hydrogen (secondary N) is 1. The van der Waals surface area contributed by atoms with Crippen molar-refractivity contribution in [1.82, 2.24) is 10.2 Å². The summed E-state index contributed by atoms with van der Waals surface area (Å²) in [6.45, 7) is 1.20. The van der Waals surface area contributed by atoms with Crippen molar-refractivity contribution in [3.05, 3.63) is 0 Å². The fourth-order valence-corrected chi connectivity index (χ4v) is 3.17. The molecule has 0 saturated carbocycles. The number of likely N-dealkylation sites (tertiary alicyclic amines) is 1. The predicted octanol–water partition coefficient (Wildman–Crippen LogP) is 1.15. The molecular weight excluding hydrogens is 344 g/mol. The van der Waals surface area contributed by atoms with Crippen LogP contribution in [-0.2, 0) is 23.9 Å². The van der Waals surface area contributed by atoms with E-state index in [9.17, 15) is 19.2 Å². The van der Waals surface area contributed by atoms with Gasteiger partial charge in [0.1, 0.15) is 5.78 Å². The van der Waals surface area contributed by atoms with Crippen LogP contribution in [0.2, 0.25) is 0 Å². The smallest absolute Gasteiger partial charge is 0.242 e. The molecule has 3 amide bonds. The molecule has 7 nitrogen and oxygen atoms in total. The maximum atomic E-state index is 11.9. The number of hydrogen-bond donors (Lipinski definition) is 1. The van der Waals surface area contributed by atoms with Crippen molar-refractivity contribution in [2.75, 3.05) is 33.1 Å². The molecule has 8 heteroatoms. The lowest BCUT2D eigenvalue weighted by Gasteiger charge is -2.13. The highest BCUT2D eigenvalue weighted by Gasteiger charge is 2.37. The van der Waals surface area contributed by atoms with E-state index >= 15 is 0 Å². The summed E-state index contributed by atoms with van der Waals surface area (Å²) in [5.74, 6) is -0.302. The summed E-state index contributed by atoms with van der Waals surface area (Å²) in [6.07, 6.45) is 5.61. The maximum absolute atomic E-state index is 11.9. The van der Waals surface area contributed by atoms with Gasteiger partial charge in [0.2, 0.25) is 17.7 Å². The molecule has 1 rings (SSSR count). The van der Waals surface area contributed by atoms with Gasteiger partial charge in [0, 0.05) is 45.9 Å². The minimum atomic E-state index is -0.286. The normalized spacial score (nSPS) is 17.2. The van der Waals surface area contributed by atoms with Gasteiger partial charge in [-0.2, -0.15) is 11.8 Å². The van der Waals surface area contributed by atoms with E-state index in [2.05, 4.69) is 5.32 Å². The highest BCUT2D eigenvalue weighted by Crippen LogP contribution is 2.23. The van der Waals surface area contributed by atoms with Gasteiger partial charge in [-0.25, -0.2) is 0 Å². The third-order valence-electron chi connectivity index (χ3n) is 4.10. The molecule has 0 spiro atoms. The van der Waals surface area contributed by atoms with Gasteiger partial charge in [0.25, 0.3) is 0 Å². The molecule has 0 bridgehead atoms. The number of rotatable bonds is 13. The molecule has 1 fully saturated rings. The van der Waals surface area contributed by atoms with Crippen molar-refractivity contribution in [2.45, 2.75) is 50.2 Å². The van der Waals surface area contributed by atoms with Gasteiger partial charge in [-0.05, 0) is 19.1 Å². The lowest BCUT2D eigenvalue weighted by Crippen LogP contribution is -2.33. The average molecular weight is 372 g/mol. The zero-order chi connectivity index (χ0) is 18.7. The van der Waals surface area contributed by atoms with Crippen molar-refractivity contribution in [3.63, 3.8) is 0 Å². The first kappa shape index (κ1) is 21.6. The lowest BCUT2D eigenvalue weighted by atomic mass is 10.1. The van der Waals surface area contributed by atoms with E-state index in [1.807, 2.05) is 6.26 Å². The highest BCUT2D eigenvalue weighted by molar-refractivity contribution is 8.00. The van der Waals surface area contributed by atoms with Gasteiger partial charge >= 0.3 is 0 Å². The zero-order valence-electron chi connectivity index (χ0n) is 15.0. The summed E-state index contributed by atoms with van der Waals surface area (Å²) in [7, 11) is 1.59. The Morgan fingerprint density at radius 2 is 1.92 bits per heavy atom. The summed E-state index contributed by atoms with van der Waals surface area (Å²) >= 11 is 1.38.